The summed E-state index contributed by atoms with van der Waals surface area (Å²) in [5, 5.41) is 11.7. The molecule has 1 aromatic carbocycles. The van der Waals surface area contributed by atoms with E-state index in [-0.39, 0.29) is 6.42 Å². The van der Waals surface area contributed by atoms with Crippen LogP contribution in [0.2, 0.25) is 0 Å². The number of carbonyl (C=O) groups is 2. The molecule has 0 aliphatic rings. The number of ether oxygens (including phenoxy) is 2. The van der Waals surface area contributed by atoms with Crippen LogP contribution >= 0.6 is 15.9 Å². The van der Waals surface area contributed by atoms with Crippen LogP contribution in [0.1, 0.15) is 38.8 Å². The zero-order valence-electron chi connectivity index (χ0n) is 13.0. The summed E-state index contributed by atoms with van der Waals surface area (Å²) < 4.78 is 11.0. The topological polar surface area (TPSA) is 84.9 Å². The van der Waals surface area contributed by atoms with Crippen molar-refractivity contribution in [3.8, 4) is 5.75 Å². The van der Waals surface area contributed by atoms with Crippen molar-refractivity contribution in [3.05, 3.63) is 28.2 Å². The maximum absolute atomic E-state index is 11.9. The zero-order valence-corrected chi connectivity index (χ0v) is 14.6. The van der Waals surface area contributed by atoms with E-state index in [4.69, 9.17) is 14.6 Å². The van der Waals surface area contributed by atoms with Gasteiger partial charge in [-0.15, -0.1) is 0 Å². The van der Waals surface area contributed by atoms with Gasteiger partial charge >= 0.3 is 12.1 Å². The van der Waals surface area contributed by atoms with E-state index in [1.807, 2.05) is 0 Å². The molecule has 2 N–H and O–H groups in total. The highest BCUT2D eigenvalue weighted by molar-refractivity contribution is 9.10. The van der Waals surface area contributed by atoms with Crippen LogP contribution in [-0.2, 0) is 9.53 Å². The number of alkyl carbamates (subject to hydrolysis) is 1. The smallest absolute Gasteiger partial charge is 0.408 e. The van der Waals surface area contributed by atoms with Crippen LogP contribution in [0.4, 0.5) is 4.79 Å². The summed E-state index contributed by atoms with van der Waals surface area (Å²) >= 11 is 3.36. The predicted molar refractivity (Wildman–Crippen MR) is 85.1 cm³/mol. The van der Waals surface area contributed by atoms with Crippen molar-refractivity contribution in [2.45, 2.75) is 38.8 Å². The van der Waals surface area contributed by atoms with Crippen LogP contribution < -0.4 is 10.1 Å². The Morgan fingerprint density at radius 2 is 2.00 bits per heavy atom. The van der Waals surface area contributed by atoms with E-state index in [2.05, 4.69) is 21.2 Å². The molecule has 1 amide bonds. The number of carboxylic acids is 1. The van der Waals surface area contributed by atoms with Crippen molar-refractivity contribution in [2.24, 2.45) is 0 Å². The second kappa shape index (κ2) is 7.49. The van der Waals surface area contributed by atoms with Crippen molar-refractivity contribution in [1.82, 2.24) is 5.32 Å². The number of methoxy groups -OCH3 is 1. The van der Waals surface area contributed by atoms with Crippen LogP contribution in [0.15, 0.2) is 22.7 Å². The Kier molecular flexibility index (Phi) is 6.22. The largest absolute Gasteiger partial charge is 0.497 e. The monoisotopic (exact) mass is 373 g/mol. The van der Waals surface area contributed by atoms with Crippen LogP contribution in [0.3, 0.4) is 0 Å². The molecule has 0 aromatic heterocycles. The van der Waals surface area contributed by atoms with E-state index in [9.17, 15) is 9.59 Å². The number of hydrogen-bond acceptors (Lipinski definition) is 4. The van der Waals surface area contributed by atoms with Gasteiger partial charge in [0, 0.05) is 4.47 Å². The lowest BCUT2D eigenvalue weighted by atomic mass is 10.0. The average molecular weight is 374 g/mol. The molecule has 6 nitrogen and oxygen atoms in total. The Labute approximate surface area is 137 Å². The van der Waals surface area contributed by atoms with E-state index in [0.717, 1.165) is 0 Å². The summed E-state index contributed by atoms with van der Waals surface area (Å²) in [6.07, 6.45) is -0.946. The lowest BCUT2D eigenvalue weighted by Gasteiger charge is -2.24. The fraction of sp³-hybridized carbons (Fsp3) is 0.467. The molecule has 1 atom stereocenters. The van der Waals surface area contributed by atoms with Crippen molar-refractivity contribution in [2.75, 3.05) is 7.11 Å². The number of benzene rings is 1. The standard InChI is InChI=1S/C15H20BrNO5/c1-15(2,3)22-14(20)17-12(8-13(18)19)10-7-9(21-4)5-6-11(10)16/h5-7,12H,8H2,1-4H3,(H,17,20)(H,18,19)/t12-/m0/s1. The van der Waals surface area contributed by atoms with Gasteiger partial charge in [-0.05, 0) is 44.5 Å². The Morgan fingerprint density at radius 1 is 1.36 bits per heavy atom. The van der Waals surface area contributed by atoms with Gasteiger partial charge < -0.3 is 19.9 Å². The molecule has 0 aliphatic carbocycles. The molecule has 22 heavy (non-hydrogen) atoms. The number of amides is 1. The molecule has 1 rings (SSSR count). The molecule has 0 fully saturated rings. The number of carboxylic acid groups (broad SMARTS) is 1. The van der Waals surface area contributed by atoms with Gasteiger partial charge in [0.1, 0.15) is 11.4 Å². The fourth-order valence-corrected chi connectivity index (χ4v) is 2.30. The van der Waals surface area contributed by atoms with Crippen LogP contribution in [0, 0.1) is 0 Å². The van der Waals surface area contributed by atoms with Gasteiger partial charge in [0.05, 0.1) is 19.6 Å². The highest BCUT2D eigenvalue weighted by atomic mass is 79.9. The van der Waals surface area contributed by atoms with Gasteiger partial charge in [0.2, 0.25) is 0 Å². The molecule has 0 radical (unpaired) electrons. The minimum Gasteiger partial charge on any atom is -0.497 e. The first-order chi connectivity index (χ1) is 10.1. The first kappa shape index (κ1) is 18.3. The van der Waals surface area contributed by atoms with Gasteiger partial charge in [-0.25, -0.2) is 4.79 Å². The summed E-state index contributed by atoms with van der Waals surface area (Å²) in [7, 11) is 1.51. The molecule has 0 bridgehead atoms. The minimum absolute atomic E-state index is 0.273. The first-order valence-corrected chi connectivity index (χ1v) is 7.46. The number of carbonyl (C=O) groups excluding carboxylic acids is 1. The number of halogens is 1. The molecule has 0 saturated carbocycles. The van der Waals surface area contributed by atoms with Crippen LogP contribution in [0.5, 0.6) is 5.75 Å². The van der Waals surface area contributed by atoms with E-state index in [1.165, 1.54) is 7.11 Å². The summed E-state index contributed by atoms with van der Waals surface area (Å²) in [4.78, 5) is 23.0. The molecular formula is C15H20BrNO5. The fourth-order valence-electron chi connectivity index (χ4n) is 1.78. The Morgan fingerprint density at radius 3 is 2.50 bits per heavy atom. The van der Waals surface area contributed by atoms with E-state index < -0.39 is 23.7 Å². The highest BCUT2D eigenvalue weighted by Gasteiger charge is 2.24. The first-order valence-electron chi connectivity index (χ1n) is 6.67. The summed E-state index contributed by atoms with van der Waals surface area (Å²) in [5.41, 5.74) is -0.0590. The minimum atomic E-state index is -1.03. The molecule has 122 valence electrons. The third kappa shape index (κ3) is 5.93. The lowest BCUT2D eigenvalue weighted by Crippen LogP contribution is -2.36. The second-order valence-corrected chi connectivity index (χ2v) is 6.54. The molecular weight excluding hydrogens is 354 g/mol. The second-order valence-electron chi connectivity index (χ2n) is 5.68. The molecule has 0 saturated heterocycles. The molecule has 0 spiro atoms. The van der Waals surface area contributed by atoms with Crippen molar-refractivity contribution in [1.29, 1.82) is 0 Å². The number of rotatable bonds is 5. The van der Waals surface area contributed by atoms with Gasteiger partial charge in [0.25, 0.3) is 0 Å². The van der Waals surface area contributed by atoms with Gasteiger partial charge in [-0.3, -0.25) is 4.79 Å². The van der Waals surface area contributed by atoms with Gasteiger partial charge in [-0.2, -0.15) is 0 Å². The zero-order chi connectivity index (χ0) is 16.9. The Bertz CT molecular complexity index is 553. The normalized spacial score (nSPS) is 12.4. The Balaban J connectivity index is 3.03. The van der Waals surface area contributed by atoms with E-state index >= 15 is 0 Å². The van der Waals surface area contributed by atoms with Crippen LogP contribution in [-0.4, -0.2) is 29.9 Å². The molecule has 1 aromatic rings. The summed E-state index contributed by atoms with van der Waals surface area (Å²) in [6, 6.07) is 4.41. The maximum Gasteiger partial charge on any atom is 0.408 e. The molecule has 0 aliphatic heterocycles. The predicted octanol–water partition coefficient (Wildman–Crippen LogP) is 3.50. The number of aliphatic carboxylic acids is 1. The summed E-state index contributed by atoms with van der Waals surface area (Å²) in [6.45, 7) is 5.21. The van der Waals surface area contributed by atoms with Gasteiger partial charge in [-0.1, -0.05) is 15.9 Å². The van der Waals surface area contributed by atoms with Crippen molar-refractivity contribution < 1.29 is 24.2 Å². The van der Waals surface area contributed by atoms with E-state index in [0.29, 0.717) is 15.8 Å². The number of nitrogens with one attached hydrogen (secondary N) is 1. The maximum atomic E-state index is 11.9. The van der Waals surface area contributed by atoms with Gasteiger partial charge in [0.15, 0.2) is 0 Å². The quantitative estimate of drug-likeness (QED) is 0.824. The molecule has 0 unspecified atom stereocenters. The lowest BCUT2D eigenvalue weighted by molar-refractivity contribution is -0.137. The van der Waals surface area contributed by atoms with Crippen molar-refractivity contribution >= 4 is 28.0 Å². The van der Waals surface area contributed by atoms with E-state index in [1.54, 1.807) is 39.0 Å². The van der Waals surface area contributed by atoms with Crippen LogP contribution in [0.25, 0.3) is 0 Å². The number of hydrogen-bond donors (Lipinski definition) is 2. The molecule has 7 heteroatoms. The third-order valence-corrected chi connectivity index (χ3v) is 3.37. The molecule has 0 heterocycles. The third-order valence-electron chi connectivity index (χ3n) is 2.65. The summed E-state index contributed by atoms with van der Waals surface area (Å²) in [5.74, 6) is -0.463. The van der Waals surface area contributed by atoms with Crippen molar-refractivity contribution in [3.63, 3.8) is 0 Å². The highest BCUT2D eigenvalue weighted by Crippen LogP contribution is 2.30. The average Bonchev–Trinajstić information content (AvgIpc) is 2.35. The Hall–Kier alpha value is -1.76. The SMILES string of the molecule is COc1ccc(Br)c([C@H](CC(=O)O)NC(=O)OC(C)(C)C)c1.